The van der Waals surface area contributed by atoms with Gasteiger partial charge in [0.1, 0.15) is 46.0 Å². The minimum atomic E-state index is -0.199. The van der Waals surface area contributed by atoms with Gasteiger partial charge in [-0.05, 0) is 98.2 Å². The first kappa shape index (κ1) is 37.7. The third-order valence-electron chi connectivity index (χ3n) is 13.7. The number of hydrogen-bond donors (Lipinski definition) is 0. The Morgan fingerprint density at radius 3 is 1.22 bits per heavy atom. The van der Waals surface area contributed by atoms with Gasteiger partial charge in [0.05, 0.1) is 11.3 Å². The van der Waals surface area contributed by atoms with Crippen molar-refractivity contribution in [2.75, 3.05) is 4.90 Å². The van der Waals surface area contributed by atoms with E-state index < -0.39 is 0 Å². The maximum Gasteiger partial charge on any atom is 0.260 e. The van der Waals surface area contributed by atoms with E-state index >= 15 is 0 Å². The molecular formula is C60H37B2NO4. The molecule has 10 aromatic rings. The molecule has 5 nitrogen and oxygen atoms in total. The number of hydrogen-bond acceptors (Lipinski definition) is 5. The highest BCUT2D eigenvalue weighted by atomic mass is 16.5. The Morgan fingerprint density at radius 1 is 0.284 bits per heavy atom. The second kappa shape index (κ2) is 14.9. The van der Waals surface area contributed by atoms with Crippen LogP contribution in [0.2, 0.25) is 0 Å². The maximum atomic E-state index is 7.46. The highest BCUT2D eigenvalue weighted by Gasteiger charge is 2.47. The Balaban J connectivity index is 1.02. The van der Waals surface area contributed by atoms with Gasteiger partial charge in [0.2, 0.25) is 0 Å². The molecule has 67 heavy (non-hydrogen) atoms. The van der Waals surface area contributed by atoms with Gasteiger partial charge in [-0.1, -0.05) is 164 Å². The molecule has 0 amide bonds. The predicted octanol–water partition coefficient (Wildman–Crippen LogP) is 11.6. The highest BCUT2D eigenvalue weighted by Crippen LogP contribution is 2.49. The zero-order chi connectivity index (χ0) is 44.0. The zero-order valence-electron chi connectivity index (χ0n) is 36.1. The van der Waals surface area contributed by atoms with E-state index in [1.807, 2.05) is 12.1 Å². The lowest BCUT2D eigenvalue weighted by Gasteiger charge is -2.39. The number of nitrogens with zero attached hydrogens (tertiary/aromatic N) is 1. The van der Waals surface area contributed by atoms with Crippen LogP contribution in [0, 0.1) is 0 Å². The van der Waals surface area contributed by atoms with E-state index in [1.165, 1.54) is 0 Å². The van der Waals surface area contributed by atoms with Crippen molar-refractivity contribution < 1.29 is 18.9 Å². The van der Waals surface area contributed by atoms with Gasteiger partial charge < -0.3 is 23.8 Å². The molecule has 0 aliphatic carbocycles. The van der Waals surface area contributed by atoms with Crippen molar-refractivity contribution in [3.8, 4) is 79.4 Å². The van der Waals surface area contributed by atoms with Gasteiger partial charge >= 0.3 is 0 Å². The quantitative estimate of drug-likeness (QED) is 0.156. The predicted molar refractivity (Wildman–Crippen MR) is 273 cm³/mol. The van der Waals surface area contributed by atoms with Gasteiger partial charge in [0.15, 0.2) is 0 Å². The summed E-state index contributed by atoms with van der Waals surface area (Å²) in [7, 11) is 0. The smallest absolute Gasteiger partial charge is 0.260 e. The van der Waals surface area contributed by atoms with E-state index in [2.05, 4.69) is 217 Å². The van der Waals surface area contributed by atoms with E-state index in [0.29, 0.717) is 0 Å². The molecule has 0 fully saturated rings. The minimum absolute atomic E-state index is 0.187. The third-order valence-corrected chi connectivity index (χ3v) is 13.7. The Kier molecular flexibility index (Phi) is 8.40. The molecule has 4 heterocycles. The summed E-state index contributed by atoms with van der Waals surface area (Å²) in [5.74, 6) is 6.25. The molecule has 0 saturated carbocycles. The number of rotatable bonds is 6. The van der Waals surface area contributed by atoms with E-state index in [-0.39, 0.29) is 13.4 Å². The summed E-state index contributed by atoms with van der Waals surface area (Å²) in [5, 5.41) is 0. The Hall–Kier alpha value is -8.67. The summed E-state index contributed by atoms with van der Waals surface area (Å²) >= 11 is 0. The molecule has 4 aliphatic heterocycles. The van der Waals surface area contributed by atoms with Crippen molar-refractivity contribution in [3.05, 3.63) is 224 Å². The van der Waals surface area contributed by atoms with Crippen molar-refractivity contribution in [3.63, 3.8) is 0 Å². The Bertz CT molecular complexity index is 3570. The average Bonchev–Trinajstić information content (AvgIpc) is 3.39. The van der Waals surface area contributed by atoms with Crippen LogP contribution in [0.4, 0.5) is 17.1 Å². The molecule has 4 aliphatic rings. The first-order valence-corrected chi connectivity index (χ1v) is 22.8. The normalized spacial score (nSPS) is 12.9. The summed E-state index contributed by atoms with van der Waals surface area (Å²) in [4.78, 5) is 2.26. The van der Waals surface area contributed by atoms with Crippen LogP contribution in [0.25, 0.3) is 33.4 Å². The number of fused-ring (bicyclic) bond motifs is 8. The van der Waals surface area contributed by atoms with E-state index in [1.54, 1.807) is 0 Å². The molecule has 14 rings (SSSR count). The van der Waals surface area contributed by atoms with Crippen molar-refractivity contribution in [1.29, 1.82) is 0 Å². The molecule has 0 bridgehead atoms. The molecular weight excluding hydrogens is 820 g/mol. The number of benzene rings is 10. The van der Waals surface area contributed by atoms with Crippen molar-refractivity contribution in [2.24, 2.45) is 0 Å². The molecule has 0 atom stereocenters. The van der Waals surface area contributed by atoms with Crippen LogP contribution in [-0.2, 0) is 0 Å². The number of anilines is 3. The molecule has 0 unspecified atom stereocenters. The average molecular weight is 858 g/mol. The van der Waals surface area contributed by atoms with E-state index in [0.717, 1.165) is 129 Å². The fraction of sp³-hybridized carbons (Fsp3) is 0. The van der Waals surface area contributed by atoms with Gasteiger partial charge in [0, 0.05) is 34.4 Å². The van der Waals surface area contributed by atoms with Gasteiger partial charge in [-0.2, -0.15) is 0 Å². The van der Waals surface area contributed by atoms with Gasteiger partial charge in [-0.15, -0.1) is 0 Å². The molecule has 10 aromatic carbocycles. The second-order valence-corrected chi connectivity index (χ2v) is 17.5. The molecule has 312 valence electrons. The monoisotopic (exact) mass is 857 g/mol. The molecule has 0 N–H and O–H groups in total. The SMILES string of the molecule is c1ccc(-c2ccccc2-c2cc3c4c(c2)Oc2c(cc5c(c2-c2ccccc2)Oc2cc(N(c6ccccc6)c6ccccc6)cc6c2B5c2ccccc2O6)B4c2ccccc2O3)cc1. The fourth-order valence-corrected chi connectivity index (χ4v) is 10.8. The van der Waals surface area contributed by atoms with Crippen LogP contribution < -0.4 is 56.6 Å². The van der Waals surface area contributed by atoms with Gasteiger partial charge in [-0.25, -0.2) is 0 Å². The highest BCUT2D eigenvalue weighted by molar-refractivity contribution is 7.01. The number of para-hydroxylation sites is 4. The standard InChI is InChI=1S/C60H37B2NO4/c1-5-19-38(20-6-1)44-27-13-14-28-45(44)40-33-52-57-53(34-40)66-59-48(61(57)46-29-15-17-31-50(46)64-52)37-49-60(56(59)39-21-7-2-8-22-39)67-55-36-43(35-54-58(55)62(49)47-30-16-18-32-51(47)65-54)63(41-23-9-3-10-24-41)42-25-11-4-12-26-42/h1-37H. The van der Waals surface area contributed by atoms with Crippen LogP contribution in [-0.4, -0.2) is 13.4 Å². The summed E-state index contributed by atoms with van der Waals surface area (Å²) in [6.07, 6.45) is 0. The van der Waals surface area contributed by atoms with Crippen LogP contribution in [0.1, 0.15) is 0 Å². The van der Waals surface area contributed by atoms with Crippen LogP contribution in [0.15, 0.2) is 224 Å². The van der Waals surface area contributed by atoms with E-state index in [4.69, 9.17) is 18.9 Å². The zero-order valence-corrected chi connectivity index (χ0v) is 36.1. The third kappa shape index (κ3) is 5.91. The van der Waals surface area contributed by atoms with Crippen molar-refractivity contribution in [1.82, 2.24) is 0 Å². The topological polar surface area (TPSA) is 40.2 Å². The fourth-order valence-electron chi connectivity index (χ4n) is 10.8. The summed E-state index contributed by atoms with van der Waals surface area (Å²) < 4.78 is 28.7. The number of ether oxygens (including phenoxy) is 4. The summed E-state index contributed by atoms with van der Waals surface area (Å²) in [5.41, 5.74) is 15.6. The minimum Gasteiger partial charge on any atom is -0.458 e. The maximum absolute atomic E-state index is 7.46. The van der Waals surface area contributed by atoms with Crippen LogP contribution >= 0.6 is 0 Å². The molecule has 7 heteroatoms. The Labute approximate surface area is 389 Å². The molecule has 0 aromatic heterocycles. The molecule has 0 spiro atoms. The lowest BCUT2D eigenvalue weighted by molar-refractivity contribution is 0.454. The largest absolute Gasteiger partial charge is 0.458 e. The van der Waals surface area contributed by atoms with E-state index in [9.17, 15) is 0 Å². The summed E-state index contributed by atoms with van der Waals surface area (Å²) in [6, 6.07) is 78.5. The first-order chi connectivity index (χ1) is 33.2. The summed E-state index contributed by atoms with van der Waals surface area (Å²) in [6.45, 7) is -0.385. The first-order valence-electron chi connectivity index (χ1n) is 22.8. The molecule has 0 saturated heterocycles. The van der Waals surface area contributed by atoms with Crippen molar-refractivity contribution >= 4 is 63.3 Å². The lowest BCUT2D eigenvalue weighted by atomic mass is 9.31. The molecule has 0 radical (unpaired) electrons. The van der Waals surface area contributed by atoms with Crippen molar-refractivity contribution in [2.45, 2.75) is 0 Å². The second-order valence-electron chi connectivity index (χ2n) is 17.5. The van der Waals surface area contributed by atoms with Crippen LogP contribution in [0.5, 0.6) is 46.0 Å². The Morgan fingerprint density at radius 2 is 0.687 bits per heavy atom. The van der Waals surface area contributed by atoms with Gasteiger partial charge in [-0.3, -0.25) is 0 Å². The lowest BCUT2D eigenvalue weighted by Crippen LogP contribution is -2.61. The van der Waals surface area contributed by atoms with Crippen LogP contribution in [0.3, 0.4) is 0 Å². The van der Waals surface area contributed by atoms with Gasteiger partial charge in [0.25, 0.3) is 13.4 Å².